The zero-order valence-corrected chi connectivity index (χ0v) is 17.5. The van der Waals surface area contributed by atoms with E-state index in [4.69, 9.17) is 4.42 Å². The summed E-state index contributed by atoms with van der Waals surface area (Å²) in [5.41, 5.74) is 3.57. The lowest BCUT2D eigenvalue weighted by atomic mass is 9.94. The van der Waals surface area contributed by atoms with Gasteiger partial charge in [0.15, 0.2) is 5.76 Å². The second-order valence-electron chi connectivity index (χ2n) is 7.87. The van der Waals surface area contributed by atoms with Crippen LogP contribution in [0.4, 0.5) is 5.69 Å². The Morgan fingerprint density at radius 3 is 2.74 bits per heavy atom. The van der Waals surface area contributed by atoms with Gasteiger partial charge in [-0.05, 0) is 30.2 Å². The predicted molar refractivity (Wildman–Crippen MR) is 118 cm³/mol. The van der Waals surface area contributed by atoms with E-state index in [0.29, 0.717) is 17.7 Å². The van der Waals surface area contributed by atoms with Gasteiger partial charge in [-0.3, -0.25) is 9.10 Å². The largest absolute Gasteiger partial charge is 0.461 e. The number of hydrogen-bond donors (Lipinski definition) is 2. The lowest BCUT2D eigenvalue weighted by molar-refractivity contribution is 0.510. The smallest absolute Gasteiger partial charge is 0.265 e. The van der Waals surface area contributed by atoms with Gasteiger partial charge in [0.1, 0.15) is 12.0 Å². The Balaban J connectivity index is 1.59. The fraction of sp³-hybridized carbons (Fsp3) is 0.174. The molecule has 1 atom stereocenters. The van der Waals surface area contributed by atoms with Gasteiger partial charge < -0.3 is 14.7 Å². The maximum absolute atomic E-state index is 13.6. The molecule has 8 heteroatoms. The Morgan fingerprint density at radius 2 is 1.87 bits per heavy atom. The van der Waals surface area contributed by atoms with Crippen LogP contribution in [0.2, 0.25) is 0 Å². The summed E-state index contributed by atoms with van der Waals surface area (Å²) < 4.78 is 33.1. The van der Waals surface area contributed by atoms with Crippen molar-refractivity contribution in [2.75, 3.05) is 17.9 Å². The number of rotatable bonds is 1. The number of hydrogen-bond acceptors (Lipinski definition) is 5. The first-order chi connectivity index (χ1) is 15.0. The van der Waals surface area contributed by atoms with Crippen LogP contribution in [-0.4, -0.2) is 27.0 Å². The average molecular weight is 433 g/mol. The summed E-state index contributed by atoms with van der Waals surface area (Å²) in [6, 6.07) is 14.2. The van der Waals surface area contributed by atoms with Crippen molar-refractivity contribution < 1.29 is 12.8 Å². The monoisotopic (exact) mass is 433 g/mol. The van der Waals surface area contributed by atoms with E-state index in [-0.39, 0.29) is 21.8 Å². The third kappa shape index (κ3) is 2.43. The van der Waals surface area contributed by atoms with E-state index in [9.17, 15) is 13.2 Å². The highest BCUT2D eigenvalue weighted by Gasteiger charge is 2.38. The number of sulfonamides is 1. The van der Waals surface area contributed by atoms with Crippen molar-refractivity contribution in [3.63, 3.8) is 0 Å². The van der Waals surface area contributed by atoms with E-state index in [2.05, 4.69) is 16.4 Å². The summed E-state index contributed by atoms with van der Waals surface area (Å²) in [6.07, 6.45) is 2.30. The standard InChI is InChI=1S/C23H19N3O4S/c1-26-21-22(27)16(12-30-23(21)15-7-3-5-9-18(15)31(26,28)29)19-20-14(10-11-24-19)13-6-2-4-8-17(13)25-20/h2-9,12,19,24-25H,10-11H2,1H3/t19-/m1/s1. The Bertz CT molecular complexity index is 1530. The molecule has 2 aliphatic heterocycles. The molecule has 0 saturated carbocycles. The average Bonchev–Trinajstić information content (AvgIpc) is 3.17. The number of aromatic nitrogens is 1. The maximum atomic E-state index is 13.6. The van der Waals surface area contributed by atoms with Gasteiger partial charge in [-0.2, -0.15) is 0 Å². The van der Waals surface area contributed by atoms with E-state index in [0.717, 1.165) is 27.3 Å². The van der Waals surface area contributed by atoms with Crippen LogP contribution in [0.5, 0.6) is 0 Å². The van der Waals surface area contributed by atoms with E-state index in [1.807, 2.05) is 18.2 Å². The summed E-state index contributed by atoms with van der Waals surface area (Å²) in [5.74, 6) is 0.273. The van der Waals surface area contributed by atoms with Crippen LogP contribution < -0.4 is 15.1 Å². The molecule has 2 aliphatic rings. The van der Waals surface area contributed by atoms with Gasteiger partial charge in [0, 0.05) is 35.8 Å². The zero-order valence-electron chi connectivity index (χ0n) is 16.7. The molecule has 0 radical (unpaired) electrons. The van der Waals surface area contributed by atoms with E-state index < -0.39 is 16.1 Å². The summed E-state index contributed by atoms with van der Waals surface area (Å²) in [4.78, 5) is 17.2. The van der Waals surface area contributed by atoms with E-state index in [1.165, 1.54) is 24.9 Å². The molecule has 2 aromatic heterocycles. The molecule has 2 N–H and O–H groups in total. The Kier molecular flexibility index (Phi) is 3.75. The fourth-order valence-electron chi connectivity index (χ4n) is 4.74. The van der Waals surface area contributed by atoms with Crippen LogP contribution >= 0.6 is 0 Å². The van der Waals surface area contributed by atoms with Crippen molar-refractivity contribution in [1.82, 2.24) is 10.3 Å². The van der Waals surface area contributed by atoms with E-state index >= 15 is 0 Å². The van der Waals surface area contributed by atoms with Crippen LogP contribution in [0.1, 0.15) is 22.9 Å². The number of fused-ring (bicyclic) bond motifs is 6. The molecule has 0 aliphatic carbocycles. The van der Waals surface area contributed by atoms with Crippen molar-refractivity contribution in [2.24, 2.45) is 0 Å². The molecule has 6 rings (SSSR count). The topological polar surface area (TPSA) is 95.4 Å². The Labute approximate surface area is 178 Å². The van der Waals surface area contributed by atoms with Gasteiger partial charge in [-0.15, -0.1) is 0 Å². The molecule has 4 heterocycles. The second kappa shape index (κ2) is 6.32. The van der Waals surface area contributed by atoms with Gasteiger partial charge in [-0.1, -0.05) is 30.3 Å². The maximum Gasteiger partial charge on any atom is 0.265 e. The molecule has 4 aromatic rings. The number of H-pyrrole nitrogens is 1. The van der Waals surface area contributed by atoms with Crippen molar-refractivity contribution >= 4 is 26.6 Å². The Hall–Kier alpha value is -3.36. The van der Waals surface area contributed by atoms with Crippen molar-refractivity contribution in [3.05, 3.63) is 81.8 Å². The third-order valence-corrected chi connectivity index (χ3v) is 8.07. The van der Waals surface area contributed by atoms with Crippen LogP contribution in [0.15, 0.2) is 68.9 Å². The second-order valence-corrected chi connectivity index (χ2v) is 9.80. The van der Waals surface area contributed by atoms with Gasteiger partial charge in [-0.25, -0.2) is 8.42 Å². The molecule has 0 spiro atoms. The number of aromatic amines is 1. The minimum absolute atomic E-state index is 0.0428. The molecule has 0 fully saturated rings. The molecular weight excluding hydrogens is 414 g/mol. The van der Waals surface area contributed by atoms with Crippen molar-refractivity contribution in [3.8, 4) is 11.3 Å². The highest BCUT2D eigenvalue weighted by molar-refractivity contribution is 7.93. The molecule has 2 aromatic carbocycles. The van der Waals surface area contributed by atoms with Crippen LogP contribution in [-0.2, 0) is 16.4 Å². The first-order valence-corrected chi connectivity index (χ1v) is 11.5. The highest BCUT2D eigenvalue weighted by Crippen LogP contribution is 2.41. The van der Waals surface area contributed by atoms with Gasteiger partial charge in [0.2, 0.25) is 5.43 Å². The summed E-state index contributed by atoms with van der Waals surface area (Å²) in [6.45, 7) is 0.701. The number of benzene rings is 2. The number of anilines is 1. The lowest BCUT2D eigenvalue weighted by Crippen LogP contribution is -2.38. The Morgan fingerprint density at radius 1 is 1.10 bits per heavy atom. The molecule has 31 heavy (non-hydrogen) atoms. The van der Waals surface area contributed by atoms with Gasteiger partial charge in [0.25, 0.3) is 10.0 Å². The normalized spacial score (nSPS) is 19.0. The first kappa shape index (κ1) is 18.4. The third-order valence-electron chi connectivity index (χ3n) is 6.25. The summed E-state index contributed by atoms with van der Waals surface area (Å²) in [7, 11) is -2.44. The molecule has 0 saturated heterocycles. The molecular formula is C23H19N3O4S. The minimum atomic E-state index is -3.84. The van der Waals surface area contributed by atoms with Gasteiger partial charge >= 0.3 is 0 Å². The van der Waals surface area contributed by atoms with Crippen molar-refractivity contribution in [1.29, 1.82) is 0 Å². The number of para-hydroxylation sites is 1. The first-order valence-electron chi connectivity index (χ1n) is 10.1. The van der Waals surface area contributed by atoms with Crippen molar-refractivity contribution in [2.45, 2.75) is 17.4 Å². The van der Waals surface area contributed by atoms with Gasteiger partial charge in [0.05, 0.1) is 16.5 Å². The minimum Gasteiger partial charge on any atom is -0.461 e. The molecule has 0 bridgehead atoms. The van der Waals surface area contributed by atoms with Crippen LogP contribution in [0, 0.1) is 0 Å². The number of nitrogens with zero attached hydrogens (tertiary/aromatic N) is 1. The highest BCUT2D eigenvalue weighted by atomic mass is 32.2. The summed E-state index contributed by atoms with van der Waals surface area (Å²) in [5, 5.41) is 4.53. The molecule has 156 valence electrons. The summed E-state index contributed by atoms with van der Waals surface area (Å²) >= 11 is 0. The SMILES string of the molecule is CN1c2c(occ([C@H]3NCCc4c3[nH]c3ccccc43)c2=O)-c2ccccc2S1(=O)=O. The molecule has 0 unspecified atom stereocenters. The quantitative estimate of drug-likeness (QED) is 0.481. The predicted octanol–water partition coefficient (Wildman–Crippen LogP) is 3.16. The fourth-order valence-corrected chi connectivity index (χ4v) is 6.13. The van der Waals surface area contributed by atoms with E-state index in [1.54, 1.807) is 18.2 Å². The van der Waals surface area contributed by atoms with Crippen LogP contribution in [0.3, 0.4) is 0 Å². The zero-order chi connectivity index (χ0) is 21.3. The van der Waals surface area contributed by atoms with Crippen LogP contribution in [0.25, 0.3) is 22.2 Å². The molecule has 0 amide bonds. The lowest BCUT2D eigenvalue weighted by Gasteiger charge is -2.29. The number of nitrogens with one attached hydrogen (secondary N) is 2. The molecule has 7 nitrogen and oxygen atoms in total.